The summed E-state index contributed by atoms with van der Waals surface area (Å²) < 4.78 is 10.3. The van der Waals surface area contributed by atoms with Gasteiger partial charge in [-0.2, -0.15) is 0 Å². The van der Waals surface area contributed by atoms with E-state index < -0.39 is 0 Å². The molecule has 0 heterocycles. The third kappa shape index (κ3) is 4.25. The Bertz CT molecular complexity index is 635. The highest BCUT2D eigenvalue weighted by atomic mass is 16.5. The molecule has 0 aliphatic rings. The molecule has 1 atom stereocenters. The molecule has 2 aromatic carbocycles. The van der Waals surface area contributed by atoms with Crippen molar-refractivity contribution in [3.8, 4) is 11.5 Å². The van der Waals surface area contributed by atoms with Gasteiger partial charge in [-0.15, -0.1) is 0 Å². The number of benzene rings is 2. The van der Waals surface area contributed by atoms with Gasteiger partial charge in [-0.1, -0.05) is 24.3 Å². The van der Waals surface area contributed by atoms with Gasteiger partial charge >= 0.3 is 0 Å². The second kappa shape index (κ2) is 7.68. The lowest BCUT2D eigenvalue weighted by Gasteiger charge is -2.25. The summed E-state index contributed by atoms with van der Waals surface area (Å²) in [5.41, 5.74) is 2.06. The van der Waals surface area contributed by atoms with E-state index in [-0.39, 0.29) is 11.9 Å². The lowest BCUT2D eigenvalue weighted by Crippen LogP contribution is -2.30. The van der Waals surface area contributed by atoms with Crippen molar-refractivity contribution in [1.29, 1.82) is 0 Å². The van der Waals surface area contributed by atoms with Crippen LogP contribution in [0.3, 0.4) is 0 Å². The Labute approximate surface area is 137 Å². The zero-order valence-electron chi connectivity index (χ0n) is 14.1. The zero-order chi connectivity index (χ0) is 16.8. The smallest absolute Gasteiger partial charge is 0.227 e. The van der Waals surface area contributed by atoms with Crippen molar-refractivity contribution in [2.24, 2.45) is 0 Å². The molecule has 0 saturated carbocycles. The molecule has 1 unspecified atom stereocenters. The molecule has 0 radical (unpaired) electrons. The molecule has 4 nitrogen and oxygen atoms in total. The first-order chi connectivity index (χ1) is 11.0. The van der Waals surface area contributed by atoms with Crippen molar-refractivity contribution in [3.63, 3.8) is 0 Å². The minimum atomic E-state index is 0.00616. The van der Waals surface area contributed by atoms with Crippen LogP contribution in [0.4, 0.5) is 0 Å². The molecule has 2 aromatic rings. The largest absolute Gasteiger partial charge is 0.497 e. The number of amides is 1. The molecule has 0 aliphatic heterocycles. The molecule has 23 heavy (non-hydrogen) atoms. The van der Waals surface area contributed by atoms with Gasteiger partial charge < -0.3 is 14.4 Å². The number of rotatable bonds is 6. The summed E-state index contributed by atoms with van der Waals surface area (Å²) in [5.74, 6) is 1.69. The van der Waals surface area contributed by atoms with Crippen molar-refractivity contribution in [2.45, 2.75) is 19.4 Å². The first-order valence-electron chi connectivity index (χ1n) is 7.57. The summed E-state index contributed by atoms with van der Waals surface area (Å²) in [6.45, 7) is 2.02. The van der Waals surface area contributed by atoms with Crippen LogP contribution in [0.15, 0.2) is 48.5 Å². The number of likely N-dealkylation sites (N-methyl/N-ethyl adjacent to an activating group) is 1. The number of carbonyl (C=O) groups excluding carboxylic acids is 1. The van der Waals surface area contributed by atoms with Crippen LogP contribution in [0, 0.1) is 0 Å². The molecule has 1 amide bonds. The Morgan fingerprint density at radius 2 is 1.43 bits per heavy atom. The molecule has 2 rings (SSSR count). The van der Waals surface area contributed by atoms with Gasteiger partial charge in [0.05, 0.1) is 26.7 Å². The minimum absolute atomic E-state index is 0.00616. The summed E-state index contributed by atoms with van der Waals surface area (Å²) in [5, 5.41) is 0. The third-order valence-electron chi connectivity index (χ3n) is 4.09. The fraction of sp³-hybridized carbons (Fsp3) is 0.316. The Kier molecular flexibility index (Phi) is 5.63. The molecule has 0 N–H and O–H groups in total. The average Bonchev–Trinajstić information content (AvgIpc) is 2.61. The fourth-order valence-electron chi connectivity index (χ4n) is 2.36. The molecular formula is C19H23NO3. The average molecular weight is 313 g/mol. The van der Waals surface area contributed by atoms with Crippen LogP contribution < -0.4 is 9.47 Å². The number of nitrogens with zero attached hydrogens (tertiary/aromatic N) is 1. The van der Waals surface area contributed by atoms with E-state index in [4.69, 9.17) is 9.47 Å². The highest BCUT2D eigenvalue weighted by molar-refractivity contribution is 5.79. The van der Waals surface area contributed by atoms with E-state index in [9.17, 15) is 4.79 Å². The normalized spacial score (nSPS) is 11.7. The molecule has 0 fully saturated rings. The van der Waals surface area contributed by atoms with E-state index >= 15 is 0 Å². The molecule has 122 valence electrons. The molecule has 4 heteroatoms. The molecule has 0 aromatic heterocycles. The van der Waals surface area contributed by atoms with Gasteiger partial charge in [0.1, 0.15) is 11.5 Å². The van der Waals surface area contributed by atoms with Gasteiger partial charge in [-0.3, -0.25) is 4.79 Å². The number of carbonyl (C=O) groups is 1. The lowest BCUT2D eigenvalue weighted by molar-refractivity contribution is -0.131. The Morgan fingerprint density at radius 3 is 1.91 bits per heavy atom. The van der Waals surface area contributed by atoms with Gasteiger partial charge in [-0.05, 0) is 42.3 Å². The molecule has 0 saturated heterocycles. The van der Waals surface area contributed by atoms with Gasteiger partial charge in [0.15, 0.2) is 0 Å². The van der Waals surface area contributed by atoms with E-state index in [1.807, 2.05) is 62.5 Å². The Balaban J connectivity index is 2.02. The van der Waals surface area contributed by atoms with Crippen molar-refractivity contribution in [2.75, 3.05) is 21.3 Å². The standard InChI is InChI=1S/C19H23NO3/c1-14(16-7-11-18(23-4)12-8-16)20(2)19(21)13-15-5-9-17(22-3)10-6-15/h5-12,14H,13H2,1-4H3. The topological polar surface area (TPSA) is 38.8 Å². The summed E-state index contributed by atoms with van der Waals surface area (Å²) in [6, 6.07) is 15.4. The van der Waals surface area contributed by atoms with Crippen LogP contribution in [0.25, 0.3) is 0 Å². The van der Waals surface area contributed by atoms with Crippen molar-refractivity contribution >= 4 is 5.91 Å². The maximum absolute atomic E-state index is 12.5. The first-order valence-corrected chi connectivity index (χ1v) is 7.57. The molecule has 0 spiro atoms. The van der Waals surface area contributed by atoms with Gasteiger partial charge in [0.2, 0.25) is 5.91 Å². The minimum Gasteiger partial charge on any atom is -0.497 e. The fourth-order valence-corrected chi connectivity index (χ4v) is 2.36. The second-order valence-electron chi connectivity index (χ2n) is 5.48. The van der Waals surface area contributed by atoms with Crippen LogP contribution in [0.1, 0.15) is 24.1 Å². The van der Waals surface area contributed by atoms with E-state index in [0.29, 0.717) is 6.42 Å². The van der Waals surface area contributed by atoms with Crippen LogP contribution in [0.2, 0.25) is 0 Å². The number of hydrogen-bond donors (Lipinski definition) is 0. The molecule has 0 aliphatic carbocycles. The SMILES string of the molecule is COc1ccc(CC(=O)N(C)C(C)c2ccc(OC)cc2)cc1. The summed E-state index contributed by atoms with van der Waals surface area (Å²) >= 11 is 0. The Hall–Kier alpha value is -2.49. The third-order valence-corrected chi connectivity index (χ3v) is 4.09. The number of hydrogen-bond acceptors (Lipinski definition) is 3. The quantitative estimate of drug-likeness (QED) is 0.820. The molecule has 0 bridgehead atoms. The highest BCUT2D eigenvalue weighted by Crippen LogP contribution is 2.22. The summed E-state index contributed by atoms with van der Waals surface area (Å²) in [7, 11) is 5.11. The maximum Gasteiger partial charge on any atom is 0.227 e. The van der Waals surface area contributed by atoms with E-state index in [1.54, 1.807) is 19.1 Å². The van der Waals surface area contributed by atoms with E-state index in [2.05, 4.69) is 0 Å². The summed E-state index contributed by atoms with van der Waals surface area (Å²) in [4.78, 5) is 14.2. The van der Waals surface area contributed by atoms with Gasteiger partial charge in [0.25, 0.3) is 0 Å². The van der Waals surface area contributed by atoms with Crippen molar-refractivity contribution in [3.05, 3.63) is 59.7 Å². The van der Waals surface area contributed by atoms with Gasteiger partial charge in [0, 0.05) is 7.05 Å². The van der Waals surface area contributed by atoms with Crippen molar-refractivity contribution in [1.82, 2.24) is 4.90 Å². The predicted octanol–water partition coefficient (Wildman–Crippen LogP) is 3.47. The van der Waals surface area contributed by atoms with Crippen LogP contribution >= 0.6 is 0 Å². The second-order valence-corrected chi connectivity index (χ2v) is 5.48. The molecular weight excluding hydrogens is 290 g/mol. The lowest BCUT2D eigenvalue weighted by atomic mass is 10.1. The Morgan fingerprint density at radius 1 is 0.957 bits per heavy atom. The maximum atomic E-state index is 12.5. The van der Waals surface area contributed by atoms with Crippen molar-refractivity contribution < 1.29 is 14.3 Å². The predicted molar refractivity (Wildman–Crippen MR) is 90.9 cm³/mol. The van der Waals surface area contributed by atoms with Crippen LogP contribution in [0.5, 0.6) is 11.5 Å². The monoisotopic (exact) mass is 313 g/mol. The van der Waals surface area contributed by atoms with Crippen LogP contribution in [-0.2, 0) is 11.2 Å². The number of methoxy groups -OCH3 is 2. The van der Waals surface area contributed by atoms with Gasteiger partial charge in [-0.25, -0.2) is 0 Å². The highest BCUT2D eigenvalue weighted by Gasteiger charge is 2.17. The first kappa shape index (κ1) is 16.9. The van der Waals surface area contributed by atoms with E-state index in [1.165, 1.54) is 0 Å². The zero-order valence-corrected chi connectivity index (χ0v) is 14.1. The van der Waals surface area contributed by atoms with E-state index in [0.717, 1.165) is 22.6 Å². The van der Waals surface area contributed by atoms with Crippen LogP contribution in [-0.4, -0.2) is 32.1 Å². The number of ether oxygens (including phenoxy) is 2. The summed E-state index contributed by atoms with van der Waals surface area (Å²) in [6.07, 6.45) is 0.376.